The molecule has 152 valence electrons. The number of benzene rings is 1. The van der Waals surface area contributed by atoms with E-state index < -0.39 is 11.9 Å². The Balaban J connectivity index is 1.69. The third-order valence-electron chi connectivity index (χ3n) is 7.34. The summed E-state index contributed by atoms with van der Waals surface area (Å²) in [5, 5.41) is 9.27. The van der Waals surface area contributed by atoms with Crippen molar-refractivity contribution in [2.24, 2.45) is 22.7 Å². The number of carbonyl (C=O) groups excluding carboxylic acids is 1. The predicted molar refractivity (Wildman–Crippen MR) is 109 cm³/mol. The Morgan fingerprint density at radius 1 is 1.18 bits per heavy atom. The SMILES string of the molecule is C=C1CCC2C(C)(C)CCC[C@]2(C)[C@H]1CCOC(=O)c1ccccc1C(=O)O. The molecule has 0 heterocycles. The summed E-state index contributed by atoms with van der Waals surface area (Å²) in [5.41, 5.74) is 1.90. The van der Waals surface area contributed by atoms with Crippen LogP contribution in [0.3, 0.4) is 0 Å². The fraction of sp³-hybridized carbons (Fsp3) is 0.583. The summed E-state index contributed by atoms with van der Waals surface area (Å²) in [6.45, 7) is 11.8. The Morgan fingerprint density at radius 2 is 1.86 bits per heavy atom. The normalized spacial score (nSPS) is 29.0. The molecule has 2 aliphatic carbocycles. The number of hydrogen-bond acceptors (Lipinski definition) is 3. The lowest BCUT2D eigenvalue weighted by Crippen LogP contribution is -2.49. The van der Waals surface area contributed by atoms with Gasteiger partial charge in [0.05, 0.1) is 17.7 Å². The molecule has 1 aromatic rings. The highest BCUT2D eigenvalue weighted by molar-refractivity contribution is 6.02. The van der Waals surface area contributed by atoms with Gasteiger partial charge in [-0.2, -0.15) is 0 Å². The van der Waals surface area contributed by atoms with Crippen molar-refractivity contribution in [2.75, 3.05) is 6.61 Å². The highest BCUT2D eigenvalue weighted by Gasteiger charge is 2.52. The maximum absolute atomic E-state index is 12.5. The Hall–Kier alpha value is -2.10. The number of carboxylic acids is 1. The van der Waals surface area contributed by atoms with Gasteiger partial charge >= 0.3 is 11.9 Å². The molecule has 0 aromatic heterocycles. The molecular formula is C24H32O4. The van der Waals surface area contributed by atoms with Crippen LogP contribution >= 0.6 is 0 Å². The van der Waals surface area contributed by atoms with Crippen LogP contribution in [0, 0.1) is 22.7 Å². The predicted octanol–water partition coefficient (Wildman–Crippen LogP) is 5.73. The first-order valence-corrected chi connectivity index (χ1v) is 10.3. The van der Waals surface area contributed by atoms with E-state index in [1.165, 1.54) is 43.4 Å². The van der Waals surface area contributed by atoms with E-state index in [0.29, 0.717) is 23.9 Å². The van der Waals surface area contributed by atoms with Gasteiger partial charge in [0, 0.05) is 0 Å². The van der Waals surface area contributed by atoms with E-state index in [-0.39, 0.29) is 16.5 Å². The fourth-order valence-electron chi connectivity index (χ4n) is 6.00. The highest BCUT2D eigenvalue weighted by Crippen LogP contribution is 2.61. The molecule has 4 heteroatoms. The molecule has 1 unspecified atom stereocenters. The van der Waals surface area contributed by atoms with Crippen LogP contribution in [0.5, 0.6) is 0 Å². The van der Waals surface area contributed by atoms with Crippen molar-refractivity contribution in [3.63, 3.8) is 0 Å². The molecule has 2 fully saturated rings. The monoisotopic (exact) mass is 384 g/mol. The molecule has 1 aromatic carbocycles. The number of hydrogen-bond donors (Lipinski definition) is 1. The van der Waals surface area contributed by atoms with E-state index in [9.17, 15) is 14.7 Å². The molecule has 0 aliphatic heterocycles. The molecule has 0 spiro atoms. The van der Waals surface area contributed by atoms with Gasteiger partial charge in [0.2, 0.25) is 0 Å². The van der Waals surface area contributed by atoms with Gasteiger partial charge in [0.25, 0.3) is 0 Å². The third kappa shape index (κ3) is 3.74. The summed E-state index contributed by atoms with van der Waals surface area (Å²) < 4.78 is 5.50. The van der Waals surface area contributed by atoms with E-state index >= 15 is 0 Å². The number of carbonyl (C=O) groups is 2. The molecule has 0 amide bonds. The van der Waals surface area contributed by atoms with Crippen molar-refractivity contribution in [1.29, 1.82) is 0 Å². The summed E-state index contributed by atoms with van der Waals surface area (Å²) in [4.78, 5) is 23.8. The lowest BCUT2D eigenvalue weighted by atomic mass is 9.47. The maximum Gasteiger partial charge on any atom is 0.339 e. The number of carboxylic acid groups (broad SMARTS) is 1. The molecular weight excluding hydrogens is 352 g/mol. The number of allylic oxidation sites excluding steroid dienone is 1. The Morgan fingerprint density at radius 3 is 2.54 bits per heavy atom. The van der Waals surface area contributed by atoms with Gasteiger partial charge in [-0.3, -0.25) is 0 Å². The number of rotatable bonds is 5. The number of esters is 1. The molecule has 0 bridgehead atoms. The van der Waals surface area contributed by atoms with Crippen LogP contribution in [0.1, 0.15) is 80.0 Å². The van der Waals surface area contributed by atoms with Crippen molar-refractivity contribution >= 4 is 11.9 Å². The molecule has 1 N–H and O–H groups in total. The van der Waals surface area contributed by atoms with Crippen molar-refractivity contribution in [1.82, 2.24) is 0 Å². The zero-order valence-corrected chi connectivity index (χ0v) is 17.3. The average Bonchev–Trinajstić information content (AvgIpc) is 2.63. The zero-order chi connectivity index (χ0) is 20.5. The van der Waals surface area contributed by atoms with Gasteiger partial charge < -0.3 is 9.84 Å². The van der Waals surface area contributed by atoms with E-state index in [1.54, 1.807) is 12.1 Å². The van der Waals surface area contributed by atoms with E-state index in [1.807, 2.05) is 0 Å². The second-order valence-electron chi connectivity index (χ2n) is 9.43. The fourth-order valence-corrected chi connectivity index (χ4v) is 6.00. The molecule has 28 heavy (non-hydrogen) atoms. The minimum absolute atomic E-state index is 0.0179. The number of aromatic carboxylic acids is 1. The van der Waals surface area contributed by atoms with Gasteiger partial charge in [-0.25, -0.2) is 9.59 Å². The molecule has 4 nitrogen and oxygen atoms in total. The maximum atomic E-state index is 12.5. The van der Waals surface area contributed by atoms with Crippen LogP contribution in [0.25, 0.3) is 0 Å². The average molecular weight is 385 g/mol. The summed E-state index contributed by atoms with van der Waals surface area (Å²) >= 11 is 0. The van der Waals surface area contributed by atoms with Crippen molar-refractivity contribution < 1.29 is 19.4 Å². The number of fused-ring (bicyclic) bond motifs is 1. The van der Waals surface area contributed by atoms with Gasteiger partial charge in [-0.05, 0) is 66.9 Å². The van der Waals surface area contributed by atoms with Crippen molar-refractivity contribution in [3.05, 3.63) is 47.5 Å². The molecule has 3 atom stereocenters. The van der Waals surface area contributed by atoms with Crippen LogP contribution in [-0.4, -0.2) is 23.7 Å². The second-order valence-corrected chi connectivity index (χ2v) is 9.43. The molecule has 2 saturated carbocycles. The molecule has 2 aliphatic rings. The minimum Gasteiger partial charge on any atom is -0.478 e. The topological polar surface area (TPSA) is 63.6 Å². The summed E-state index contributed by atoms with van der Waals surface area (Å²) in [6.07, 6.45) is 6.70. The molecule has 0 radical (unpaired) electrons. The summed E-state index contributed by atoms with van der Waals surface area (Å²) in [7, 11) is 0. The standard InChI is InChI=1S/C24H32O4/c1-16-10-11-20-23(2,3)13-7-14-24(20,4)19(16)12-15-28-22(27)18-9-6-5-8-17(18)21(25)26/h5-6,8-9,19-20H,1,7,10-15H2,2-4H3,(H,25,26)/t19-,20?,24+/m0/s1. The Kier molecular flexibility index (Phi) is 5.69. The van der Waals surface area contributed by atoms with Crippen LogP contribution in [-0.2, 0) is 4.74 Å². The summed E-state index contributed by atoms with van der Waals surface area (Å²) in [5.74, 6) is -0.681. The van der Waals surface area contributed by atoms with Crippen LogP contribution < -0.4 is 0 Å². The quantitative estimate of drug-likeness (QED) is 0.520. The van der Waals surface area contributed by atoms with E-state index in [4.69, 9.17) is 4.74 Å². The van der Waals surface area contributed by atoms with E-state index in [0.717, 1.165) is 12.8 Å². The first-order chi connectivity index (χ1) is 13.2. The third-order valence-corrected chi connectivity index (χ3v) is 7.34. The Labute approximate surface area is 168 Å². The lowest BCUT2D eigenvalue weighted by Gasteiger charge is -2.58. The molecule has 0 saturated heterocycles. The first-order valence-electron chi connectivity index (χ1n) is 10.3. The zero-order valence-electron chi connectivity index (χ0n) is 17.3. The van der Waals surface area contributed by atoms with Crippen molar-refractivity contribution in [3.8, 4) is 0 Å². The Bertz CT molecular complexity index is 779. The van der Waals surface area contributed by atoms with Crippen molar-refractivity contribution in [2.45, 2.75) is 59.3 Å². The number of ether oxygens (including phenoxy) is 1. The van der Waals surface area contributed by atoms with E-state index in [2.05, 4.69) is 27.4 Å². The van der Waals surface area contributed by atoms with Gasteiger partial charge in [-0.15, -0.1) is 0 Å². The first kappa shape index (κ1) is 20.6. The van der Waals surface area contributed by atoms with Gasteiger partial charge in [0.1, 0.15) is 0 Å². The highest BCUT2D eigenvalue weighted by atomic mass is 16.5. The minimum atomic E-state index is -1.12. The largest absolute Gasteiger partial charge is 0.478 e. The van der Waals surface area contributed by atoms with Gasteiger partial charge in [-0.1, -0.05) is 51.5 Å². The van der Waals surface area contributed by atoms with Crippen LogP contribution in [0.4, 0.5) is 0 Å². The van der Waals surface area contributed by atoms with Crippen LogP contribution in [0.15, 0.2) is 36.4 Å². The summed E-state index contributed by atoms with van der Waals surface area (Å²) in [6, 6.07) is 6.20. The van der Waals surface area contributed by atoms with Gasteiger partial charge in [0.15, 0.2) is 0 Å². The molecule has 3 rings (SSSR count). The lowest BCUT2D eigenvalue weighted by molar-refractivity contribution is -0.0582. The second kappa shape index (κ2) is 7.73. The smallest absolute Gasteiger partial charge is 0.339 e. The van der Waals surface area contributed by atoms with Crippen LogP contribution in [0.2, 0.25) is 0 Å².